The summed E-state index contributed by atoms with van der Waals surface area (Å²) in [6.45, 7) is 7.56. The Kier molecular flexibility index (Phi) is 5.86. The minimum atomic E-state index is 0.146. The molecule has 1 heterocycles. The second-order valence-electron chi connectivity index (χ2n) is 7.11. The Bertz CT molecular complexity index is 849. The molecule has 1 aromatic heterocycles. The molecule has 3 aromatic rings. The van der Waals surface area contributed by atoms with Gasteiger partial charge in [-0.2, -0.15) is 10.1 Å². The van der Waals surface area contributed by atoms with Crippen LogP contribution >= 0.6 is 0 Å². The van der Waals surface area contributed by atoms with Crippen LogP contribution in [0.2, 0.25) is 0 Å². The number of aromatic amines is 1. The molecule has 2 aromatic carbocycles. The Labute approximate surface area is 159 Å². The van der Waals surface area contributed by atoms with Crippen molar-refractivity contribution in [2.45, 2.75) is 26.2 Å². The van der Waals surface area contributed by atoms with Gasteiger partial charge in [0.15, 0.2) is 0 Å². The van der Waals surface area contributed by atoms with E-state index < -0.39 is 0 Å². The Morgan fingerprint density at radius 3 is 2.04 bits per heavy atom. The number of ether oxygens (including phenoxy) is 2. The van der Waals surface area contributed by atoms with Crippen LogP contribution in [0.4, 0.5) is 5.95 Å². The lowest BCUT2D eigenvalue weighted by atomic mass is 9.87. The normalized spacial score (nSPS) is 11.7. The largest absolute Gasteiger partial charge is 0.490 e. The number of aromatic nitrogens is 3. The quantitative estimate of drug-likeness (QED) is 0.501. The Balaban J connectivity index is 1.42. The summed E-state index contributed by atoms with van der Waals surface area (Å²) < 4.78 is 11.4. The van der Waals surface area contributed by atoms with E-state index in [0.717, 1.165) is 17.1 Å². The summed E-state index contributed by atoms with van der Waals surface area (Å²) in [6.07, 6.45) is 3.14. The molecular formula is C21H24N4O2. The van der Waals surface area contributed by atoms with E-state index in [-0.39, 0.29) is 5.41 Å². The molecule has 0 bridgehead atoms. The summed E-state index contributed by atoms with van der Waals surface area (Å²) in [5, 5.41) is 6.42. The van der Waals surface area contributed by atoms with Crippen molar-refractivity contribution in [2.75, 3.05) is 13.2 Å². The van der Waals surface area contributed by atoms with Gasteiger partial charge in [-0.1, -0.05) is 32.9 Å². The molecular weight excluding hydrogens is 340 g/mol. The maximum Gasteiger partial charge on any atom is 0.245 e. The highest BCUT2D eigenvalue weighted by Gasteiger charge is 2.12. The second-order valence-corrected chi connectivity index (χ2v) is 7.11. The van der Waals surface area contributed by atoms with Crippen LogP contribution in [0, 0.1) is 0 Å². The zero-order valence-electron chi connectivity index (χ0n) is 15.8. The summed E-state index contributed by atoms with van der Waals surface area (Å²) in [5.74, 6) is 2.12. The van der Waals surface area contributed by atoms with Gasteiger partial charge in [-0.05, 0) is 52.9 Å². The Morgan fingerprint density at radius 1 is 0.926 bits per heavy atom. The molecule has 27 heavy (non-hydrogen) atoms. The minimum absolute atomic E-state index is 0.146. The van der Waals surface area contributed by atoms with E-state index in [0.29, 0.717) is 19.2 Å². The van der Waals surface area contributed by atoms with Gasteiger partial charge in [-0.25, -0.2) is 10.1 Å². The fourth-order valence-electron chi connectivity index (χ4n) is 2.42. The Hall–Kier alpha value is -3.15. The van der Waals surface area contributed by atoms with Crippen molar-refractivity contribution >= 4 is 12.2 Å². The molecule has 1 N–H and O–H groups in total. The zero-order chi connectivity index (χ0) is 19.1. The predicted molar refractivity (Wildman–Crippen MR) is 106 cm³/mol. The molecule has 0 fully saturated rings. The minimum Gasteiger partial charge on any atom is -0.490 e. The first-order chi connectivity index (χ1) is 13.0. The third-order valence-electron chi connectivity index (χ3n) is 3.96. The average molecular weight is 364 g/mol. The lowest BCUT2D eigenvalue weighted by Crippen LogP contribution is -2.11. The van der Waals surface area contributed by atoms with Crippen molar-refractivity contribution in [1.29, 1.82) is 0 Å². The van der Waals surface area contributed by atoms with E-state index in [4.69, 9.17) is 9.47 Å². The number of hydrogen-bond acceptors (Lipinski definition) is 5. The topological polar surface area (TPSA) is 72.4 Å². The lowest BCUT2D eigenvalue weighted by Gasteiger charge is -2.19. The summed E-state index contributed by atoms with van der Waals surface area (Å²) in [6, 6.07) is 15.9. The monoisotopic (exact) mass is 364 g/mol. The van der Waals surface area contributed by atoms with Crippen LogP contribution in [-0.4, -0.2) is 34.6 Å². The molecule has 0 aliphatic heterocycles. The van der Waals surface area contributed by atoms with Gasteiger partial charge in [0.1, 0.15) is 31.0 Å². The van der Waals surface area contributed by atoms with Crippen LogP contribution in [0.5, 0.6) is 11.5 Å². The van der Waals surface area contributed by atoms with Crippen LogP contribution in [0.1, 0.15) is 31.9 Å². The summed E-state index contributed by atoms with van der Waals surface area (Å²) >= 11 is 0. The molecule has 0 unspecified atom stereocenters. The third-order valence-corrected chi connectivity index (χ3v) is 3.96. The van der Waals surface area contributed by atoms with Crippen LogP contribution in [0.3, 0.4) is 0 Å². The van der Waals surface area contributed by atoms with Gasteiger partial charge in [-0.15, -0.1) is 0 Å². The van der Waals surface area contributed by atoms with Crippen molar-refractivity contribution in [3.05, 3.63) is 66.0 Å². The first-order valence-corrected chi connectivity index (χ1v) is 8.86. The summed E-state index contributed by atoms with van der Waals surface area (Å²) in [4.78, 5) is 8.12. The molecule has 0 radical (unpaired) electrons. The Morgan fingerprint density at radius 2 is 1.52 bits per heavy atom. The van der Waals surface area contributed by atoms with Crippen molar-refractivity contribution < 1.29 is 9.47 Å². The molecule has 0 saturated heterocycles. The van der Waals surface area contributed by atoms with Gasteiger partial charge in [0.2, 0.25) is 5.95 Å². The molecule has 6 heteroatoms. The molecule has 0 aliphatic carbocycles. The van der Waals surface area contributed by atoms with Crippen LogP contribution in [0.25, 0.3) is 0 Å². The van der Waals surface area contributed by atoms with Crippen LogP contribution in [0.15, 0.2) is 59.9 Å². The predicted octanol–water partition coefficient (Wildman–Crippen LogP) is 4.31. The van der Waals surface area contributed by atoms with Gasteiger partial charge in [0.25, 0.3) is 0 Å². The second kappa shape index (κ2) is 8.49. The fraction of sp³-hybridized carbons (Fsp3) is 0.286. The van der Waals surface area contributed by atoms with Gasteiger partial charge in [0, 0.05) is 6.21 Å². The van der Waals surface area contributed by atoms with Crippen molar-refractivity contribution in [3.63, 3.8) is 0 Å². The van der Waals surface area contributed by atoms with E-state index in [1.807, 2.05) is 36.4 Å². The highest BCUT2D eigenvalue weighted by atomic mass is 16.5. The van der Waals surface area contributed by atoms with Crippen molar-refractivity contribution in [3.8, 4) is 11.5 Å². The molecule has 0 amide bonds. The number of hydrogen-bond donors (Lipinski definition) is 1. The number of nitrogens with zero attached hydrogens (tertiary/aromatic N) is 3. The van der Waals surface area contributed by atoms with Gasteiger partial charge in [-0.3, -0.25) is 0 Å². The number of rotatable bonds is 7. The standard InChI is InChI=1S/C21H24N4O2/c1-21(2,3)17-6-10-19(11-7-17)27-13-12-26-18-8-4-16(5-9-18)14-22-20-23-15-24-25-20/h4-11,14-15H,12-13H2,1-3H3,(H,23,24,25). The fourth-order valence-corrected chi connectivity index (χ4v) is 2.42. The smallest absolute Gasteiger partial charge is 0.245 e. The van der Waals surface area contributed by atoms with Crippen LogP contribution in [-0.2, 0) is 5.41 Å². The third kappa shape index (κ3) is 5.67. The van der Waals surface area contributed by atoms with Crippen molar-refractivity contribution in [2.24, 2.45) is 4.99 Å². The summed E-state index contributed by atoms with van der Waals surface area (Å²) in [5.41, 5.74) is 2.39. The van der Waals surface area contributed by atoms with E-state index >= 15 is 0 Å². The molecule has 0 atom stereocenters. The van der Waals surface area contributed by atoms with E-state index in [1.165, 1.54) is 11.9 Å². The molecule has 0 saturated carbocycles. The lowest BCUT2D eigenvalue weighted by molar-refractivity contribution is 0.217. The summed E-state index contributed by atoms with van der Waals surface area (Å²) in [7, 11) is 0. The first kappa shape index (κ1) is 18.6. The number of nitrogens with one attached hydrogen (secondary N) is 1. The number of aliphatic imine (C=N–C) groups is 1. The molecule has 140 valence electrons. The highest BCUT2D eigenvalue weighted by molar-refractivity contribution is 5.81. The average Bonchev–Trinajstić information content (AvgIpc) is 3.18. The van der Waals surface area contributed by atoms with E-state index in [1.54, 1.807) is 6.21 Å². The van der Waals surface area contributed by atoms with E-state index in [2.05, 4.69) is 53.1 Å². The van der Waals surface area contributed by atoms with Gasteiger partial charge >= 0.3 is 0 Å². The molecule has 0 spiro atoms. The maximum atomic E-state index is 5.74. The number of benzene rings is 2. The number of H-pyrrole nitrogens is 1. The van der Waals surface area contributed by atoms with E-state index in [9.17, 15) is 0 Å². The van der Waals surface area contributed by atoms with Crippen LogP contribution < -0.4 is 9.47 Å². The molecule has 6 nitrogen and oxygen atoms in total. The van der Waals surface area contributed by atoms with Gasteiger partial charge in [0.05, 0.1) is 0 Å². The SMILES string of the molecule is CC(C)(C)c1ccc(OCCOc2ccc(C=Nc3ncn[nH]3)cc2)cc1. The molecule has 3 rings (SSSR count). The zero-order valence-corrected chi connectivity index (χ0v) is 15.8. The first-order valence-electron chi connectivity index (χ1n) is 8.86. The van der Waals surface area contributed by atoms with Crippen molar-refractivity contribution in [1.82, 2.24) is 15.2 Å². The highest BCUT2D eigenvalue weighted by Crippen LogP contribution is 2.24. The molecule has 0 aliphatic rings. The van der Waals surface area contributed by atoms with Gasteiger partial charge < -0.3 is 9.47 Å². The maximum absolute atomic E-state index is 5.74.